The minimum atomic E-state index is 0.763. The van der Waals surface area contributed by atoms with Gasteiger partial charge in [-0.25, -0.2) is 0 Å². The molecule has 0 aliphatic heterocycles. The standard InChI is InChI=1S/C16H14N2S/c17-12-8-9-14(16-7-4-10-19-16)15(11-12)18-13-5-2-1-3-6-13/h1-11,18H,17H2. The van der Waals surface area contributed by atoms with E-state index in [1.165, 1.54) is 10.4 Å². The van der Waals surface area contributed by atoms with Gasteiger partial charge < -0.3 is 11.1 Å². The maximum Gasteiger partial charge on any atom is 0.0492 e. The van der Waals surface area contributed by atoms with Gasteiger partial charge in [-0.2, -0.15) is 0 Å². The maximum absolute atomic E-state index is 5.90. The largest absolute Gasteiger partial charge is 0.399 e. The molecule has 2 nitrogen and oxygen atoms in total. The van der Waals surface area contributed by atoms with Gasteiger partial charge in [0.05, 0.1) is 0 Å². The lowest BCUT2D eigenvalue weighted by Crippen LogP contribution is -1.94. The van der Waals surface area contributed by atoms with Gasteiger partial charge in [0.25, 0.3) is 0 Å². The SMILES string of the molecule is Nc1ccc(-c2cccs2)c(Nc2ccccc2)c1. The number of rotatable bonds is 3. The highest BCUT2D eigenvalue weighted by Crippen LogP contribution is 2.34. The maximum atomic E-state index is 5.90. The van der Waals surface area contributed by atoms with E-state index in [9.17, 15) is 0 Å². The second-order valence-electron chi connectivity index (χ2n) is 4.27. The first kappa shape index (κ1) is 11.8. The molecule has 0 atom stereocenters. The number of nitrogen functional groups attached to an aromatic ring is 1. The second-order valence-corrected chi connectivity index (χ2v) is 5.22. The van der Waals surface area contributed by atoms with Crippen LogP contribution in [0.4, 0.5) is 17.1 Å². The average molecular weight is 266 g/mol. The minimum absolute atomic E-state index is 0.763. The molecule has 94 valence electrons. The van der Waals surface area contributed by atoms with E-state index in [0.717, 1.165) is 17.1 Å². The minimum Gasteiger partial charge on any atom is -0.399 e. The molecule has 3 aromatic rings. The number of para-hydroxylation sites is 1. The molecule has 0 saturated carbocycles. The van der Waals surface area contributed by atoms with Gasteiger partial charge in [0.2, 0.25) is 0 Å². The highest BCUT2D eigenvalue weighted by molar-refractivity contribution is 7.13. The zero-order chi connectivity index (χ0) is 13.1. The van der Waals surface area contributed by atoms with Crippen molar-refractivity contribution in [2.75, 3.05) is 11.1 Å². The second kappa shape index (κ2) is 5.16. The summed E-state index contributed by atoms with van der Waals surface area (Å²) in [6.45, 7) is 0. The molecule has 0 radical (unpaired) electrons. The highest BCUT2D eigenvalue weighted by Gasteiger charge is 2.06. The summed E-state index contributed by atoms with van der Waals surface area (Å²) in [6.07, 6.45) is 0. The van der Waals surface area contributed by atoms with Crippen molar-refractivity contribution in [3.05, 3.63) is 66.0 Å². The summed E-state index contributed by atoms with van der Waals surface area (Å²) in [7, 11) is 0. The van der Waals surface area contributed by atoms with Crippen molar-refractivity contribution in [1.29, 1.82) is 0 Å². The van der Waals surface area contributed by atoms with Crippen LogP contribution in [0.3, 0.4) is 0 Å². The average Bonchev–Trinajstić information content (AvgIpc) is 2.94. The van der Waals surface area contributed by atoms with Gasteiger partial charge in [-0.15, -0.1) is 11.3 Å². The van der Waals surface area contributed by atoms with Crippen LogP contribution in [-0.4, -0.2) is 0 Å². The molecular weight excluding hydrogens is 252 g/mol. The molecule has 0 fully saturated rings. The topological polar surface area (TPSA) is 38.0 Å². The lowest BCUT2D eigenvalue weighted by molar-refractivity contribution is 1.55. The van der Waals surface area contributed by atoms with Crippen LogP contribution in [0.2, 0.25) is 0 Å². The Morgan fingerprint density at radius 1 is 0.895 bits per heavy atom. The van der Waals surface area contributed by atoms with E-state index in [0.29, 0.717) is 0 Å². The lowest BCUT2D eigenvalue weighted by atomic mass is 10.1. The van der Waals surface area contributed by atoms with Crippen LogP contribution < -0.4 is 11.1 Å². The number of hydrogen-bond acceptors (Lipinski definition) is 3. The Hall–Kier alpha value is -2.26. The number of hydrogen-bond donors (Lipinski definition) is 2. The lowest BCUT2D eigenvalue weighted by Gasteiger charge is -2.12. The van der Waals surface area contributed by atoms with Crippen molar-refractivity contribution in [1.82, 2.24) is 0 Å². The van der Waals surface area contributed by atoms with Crippen LogP contribution in [-0.2, 0) is 0 Å². The van der Waals surface area contributed by atoms with E-state index in [1.54, 1.807) is 11.3 Å². The first-order chi connectivity index (χ1) is 9.33. The Morgan fingerprint density at radius 3 is 2.47 bits per heavy atom. The molecule has 0 amide bonds. The molecule has 3 rings (SSSR count). The molecule has 0 aliphatic carbocycles. The fourth-order valence-corrected chi connectivity index (χ4v) is 2.75. The number of thiophene rings is 1. The van der Waals surface area contributed by atoms with Gasteiger partial charge >= 0.3 is 0 Å². The summed E-state index contributed by atoms with van der Waals surface area (Å²) in [6, 6.07) is 20.3. The van der Waals surface area contributed by atoms with Crippen LogP contribution in [0, 0.1) is 0 Å². The fourth-order valence-electron chi connectivity index (χ4n) is 1.99. The Morgan fingerprint density at radius 2 is 1.74 bits per heavy atom. The van der Waals surface area contributed by atoms with Crippen LogP contribution in [0.25, 0.3) is 10.4 Å². The Bertz CT molecular complexity index is 660. The predicted molar refractivity (Wildman–Crippen MR) is 83.9 cm³/mol. The summed E-state index contributed by atoms with van der Waals surface area (Å²) in [5, 5.41) is 5.51. The molecule has 0 saturated heterocycles. The van der Waals surface area contributed by atoms with Crippen molar-refractivity contribution in [3.63, 3.8) is 0 Å². The smallest absolute Gasteiger partial charge is 0.0492 e. The van der Waals surface area contributed by atoms with Gasteiger partial charge in [0.1, 0.15) is 0 Å². The number of nitrogens with one attached hydrogen (secondary N) is 1. The Labute approximate surface area is 116 Å². The number of nitrogens with two attached hydrogens (primary N) is 1. The first-order valence-corrected chi connectivity index (χ1v) is 6.96. The van der Waals surface area contributed by atoms with Crippen molar-refractivity contribution >= 4 is 28.4 Å². The third kappa shape index (κ3) is 2.61. The molecule has 3 heteroatoms. The monoisotopic (exact) mass is 266 g/mol. The molecule has 0 bridgehead atoms. The molecule has 0 unspecified atom stereocenters. The molecule has 3 N–H and O–H groups in total. The zero-order valence-electron chi connectivity index (χ0n) is 10.3. The van der Waals surface area contributed by atoms with Crippen molar-refractivity contribution in [2.24, 2.45) is 0 Å². The Kier molecular flexibility index (Phi) is 3.21. The molecule has 1 heterocycles. The third-order valence-corrected chi connectivity index (χ3v) is 3.79. The Balaban J connectivity index is 2.02. The quantitative estimate of drug-likeness (QED) is 0.672. The molecule has 2 aromatic carbocycles. The van der Waals surface area contributed by atoms with E-state index in [4.69, 9.17) is 5.73 Å². The van der Waals surface area contributed by atoms with Crippen molar-refractivity contribution in [2.45, 2.75) is 0 Å². The molecule has 19 heavy (non-hydrogen) atoms. The van der Waals surface area contributed by atoms with E-state index >= 15 is 0 Å². The van der Waals surface area contributed by atoms with Gasteiger partial charge in [0.15, 0.2) is 0 Å². The van der Waals surface area contributed by atoms with Crippen LogP contribution >= 0.6 is 11.3 Å². The van der Waals surface area contributed by atoms with Gasteiger partial charge in [-0.1, -0.05) is 24.3 Å². The number of benzene rings is 2. The van der Waals surface area contributed by atoms with E-state index in [-0.39, 0.29) is 0 Å². The van der Waals surface area contributed by atoms with Crippen molar-refractivity contribution in [3.8, 4) is 10.4 Å². The normalized spacial score (nSPS) is 10.3. The first-order valence-electron chi connectivity index (χ1n) is 6.08. The third-order valence-electron chi connectivity index (χ3n) is 2.88. The highest BCUT2D eigenvalue weighted by atomic mass is 32.1. The molecular formula is C16H14N2S. The number of anilines is 3. The summed E-state index contributed by atoms with van der Waals surface area (Å²) in [4.78, 5) is 1.23. The summed E-state index contributed by atoms with van der Waals surface area (Å²) >= 11 is 1.73. The molecule has 0 spiro atoms. The van der Waals surface area contributed by atoms with Crippen LogP contribution in [0.1, 0.15) is 0 Å². The van der Waals surface area contributed by atoms with E-state index in [1.807, 2.05) is 42.5 Å². The van der Waals surface area contributed by atoms with Crippen LogP contribution in [0.15, 0.2) is 66.0 Å². The molecule has 1 aromatic heterocycles. The predicted octanol–water partition coefficient (Wildman–Crippen LogP) is 4.74. The van der Waals surface area contributed by atoms with Crippen LogP contribution in [0.5, 0.6) is 0 Å². The van der Waals surface area contributed by atoms with E-state index < -0.39 is 0 Å². The zero-order valence-corrected chi connectivity index (χ0v) is 11.2. The summed E-state index contributed by atoms with van der Waals surface area (Å²) in [5.74, 6) is 0. The van der Waals surface area contributed by atoms with Gasteiger partial charge in [0, 0.05) is 27.5 Å². The fraction of sp³-hybridized carbons (Fsp3) is 0. The summed E-state index contributed by atoms with van der Waals surface area (Å²) < 4.78 is 0. The molecule has 0 aliphatic rings. The van der Waals surface area contributed by atoms with Gasteiger partial charge in [-0.3, -0.25) is 0 Å². The van der Waals surface area contributed by atoms with Gasteiger partial charge in [-0.05, 0) is 41.8 Å². The summed E-state index contributed by atoms with van der Waals surface area (Å²) in [5.41, 5.74) is 9.93. The van der Waals surface area contributed by atoms with E-state index in [2.05, 4.69) is 28.9 Å². The van der Waals surface area contributed by atoms with Crippen molar-refractivity contribution < 1.29 is 0 Å².